The molecule has 2 aromatic heterocycles. The van der Waals surface area contributed by atoms with Crippen LogP contribution in [0.25, 0.3) is 11.5 Å². The molecule has 136 valence electrons. The molecular formula is C18H18FN3O3S. The first-order valence-electron chi connectivity index (χ1n) is 8.04. The maximum atomic E-state index is 13.0. The number of amides is 1. The number of carbonyl (C=O) groups excluding carboxylic acids is 1. The fraction of sp³-hybridized carbons (Fsp3) is 0.278. The molecule has 0 spiro atoms. The van der Waals surface area contributed by atoms with Crippen LogP contribution >= 0.6 is 11.8 Å². The van der Waals surface area contributed by atoms with Crippen molar-refractivity contribution in [3.63, 3.8) is 0 Å². The molecule has 1 amide bonds. The normalized spacial score (nSPS) is 13.4. The van der Waals surface area contributed by atoms with E-state index in [9.17, 15) is 9.18 Å². The molecule has 0 aliphatic heterocycles. The van der Waals surface area contributed by atoms with Gasteiger partial charge in [0.05, 0.1) is 23.1 Å². The number of halogens is 1. The maximum Gasteiger partial charge on any atom is 0.277 e. The van der Waals surface area contributed by atoms with Gasteiger partial charge in [0.2, 0.25) is 5.91 Å². The predicted molar refractivity (Wildman–Crippen MR) is 95.0 cm³/mol. The van der Waals surface area contributed by atoms with Crippen molar-refractivity contribution in [3.05, 3.63) is 53.7 Å². The minimum Gasteiger partial charge on any atom is -0.469 e. The summed E-state index contributed by atoms with van der Waals surface area (Å²) in [5, 5.41) is 10.7. The van der Waals surface area contributed by atoms with Crippen LogP contribution in [0.2, 0.25) is 0 Å². The van der Waals surface area contributed by atoms with Gasteiger partial charge in [-0.05, 0) is 44.5 Å². The van der Waals surface area contributed by atoms with E-state index in [0.29, 0.717) is 16.9 Å². The molecule has 0 aliphatic rings. The molecule has 0 saturated carbocycles. The van der Waals surface area contributed by atoms with Gasteiger partial charge in [-0.1, -0.05) is 23.9 Å². The molecule has 1 aromatic carbocycles. The fourth-order valence-corrected chi connectivity index (χ4v) is 3.04. The number of carbonyl (C=O) groups is 1. The third kappa shape index (κ3) is 4.13. The van der Waals surface area contributed by atoms with E-state index in [4.69, 9.17) is 8.83 Å². The molecule has 26 heavy (non-hydrogen) atoms. The van der Waals surface area contributed by atoms with Crippen molar-refractivity contribution < 1.29 is 18.0 Å². The highest BCUT2D eigenvalue weighted by atomic mass is 32.2. The van der Waals surface area contributed by atoms with Gasteiger partial charge in [-0.2, -0.15) is 0 Å². The Hall–Kier alpha value is -2.61. The molecule has 3 rings (SSSR count). The summed E-state index contributed by atoms with van der Waals surface area (Å²) in [6.45, 7) is 5.40. The van der Waals surface area contributed by atoms with Crippen molar-refractivity contribution in [3.8, 4) is 11.5 Å². The van der Waals surface area contributed by atoms with E-state index < -0.39 is 5.25 Å². The van der Waals surface area contributed by atoms with Gasteiger partial charge in [-0.15, -0.1) is 10.2 Å². The Labute approximate surface area is 154 Å². The Morgan fingerprint density at radius 1 is 1.19 bits per heavy atom. The number of nitrogens with zero attached hydrogens (tertiary/aromatic N) is 2. The molecule has 2 unspecified atom stereocenters. The molecule has 2 atom stereocenters. The van der Waals surface area contributed by atoms with E-state index in [1.54, 1.807) is 38.3 Å². The number of thioether (sulfide) groups is 1. The van der Waals surface area contributed by atoms with Crippen LogP contribution in [0, 0.1) is 12.7 Å². The van der Waals surface area contributed by atoms with Crippen molar-refractivity contribution >= 4 is 17.7 Å². The highest BCUT2D eigenvalue weighted by Gasteiger charge is 2.21. The second-order valence-electron chi connectivity index (χ2n) is 5.81. The summed E-state index contributed by atoms with van der Waals surface area (Å²) in [6, 6.07) is 7.54. The van der Waals surface area contributed by atoms with Crippen molar-refractivity contribution in [2.24, 2.45) is 0 Å². The Morgan fingerprint density at radius 3 is 2.58 bits per heavy atom. The Bertz CT molecular complexity index is 891. The summed E-state index contributed by atoms with van der Waals surface area (Å²) in [5.74, 6) is 0.553. The lowest BCUT2D eigenvalue weighted by molar-refractivity contribution is -0.120. The minimum atomic E-state index is -0.434. The number of aryl methyl sites for hydroxylation is 1. The third-order valence-corrected chi connectivity index (χ3v) is 4.81. The summed E-state index contributed by atoms with van der Waals surface area (Å²) in [4.78, 5) is 12.4. The number of hydrogen-bond donors (Lipinski definition) is 1. The van der Waals surface area contributed by atoms with Gasteiger partial charge in [-0.3, -0.25) is 4.79 Å². The molecule has 6 nitrogen and oxygen atoms in total. The van der Waals surface area contributed by atoms with Crippen LogP contribution in [-0.2, 0) is 4.79 Å². The summed E-state index contributed by atoms with van der Waals surface area (Å²) in [6.07, 6.45) is 1.55. The average molecular weight is 375 g/mol. The molecule has 1 N–H and O–H groups in total. The zero-order valence-corrected chi connectivity index (χ0v) is 15.3. The van der Waals surface area contributed by atoms with Crippen LogP contribution in [0.15, 0.2) is 50.7 Å². The zero-order chi connectivity index (χ0) is 18.7. The topological polar surface area (TPSA) is 81.2 Å². The largest absolute Gasteiger partial charge is 0.469 e. The summed E-state index contributed by atoms with van der Waals surface area (Å²) in [5.41, 5.74) is 1.55. The van der Waals surface area contributed by atoms with E-state index in [1.165, 1.54) is 23.9 Å². The van der Waals surface area contributed by atoms with E-state index in [-0.39, 0.29) is 17.8 Å². The molecule has 0 aliphatic carbocycles. The van der Waals surface area contributed by atoms with Gasteiger partial charge in [0, 0.05) is 0 Å². The summed E-state index contributed by atoms with van der Waals surface area (Å²) in [7, 11) is 0. The molecule has 2 heterocycles. The van der Waals surface area contributed by atoms with E-state index in [1.807, 2.05) is 6.92 Å². The monoisotopic (exact) mass is 375 g/mol. The molecule has 3 aromatic rings. The highest BCUT2D eigenvalue weighted by molar-refractivity contribution is 8.00. The minimum absolute atomic E-state index is 0.175. The van der Waals surface area contributed by atoms with Gasteiger partial charge < -0.3 is 14.2 Å². The molecular weight excluding hydrogens is 357 g/mol. The van der Waals surface area contributed by atoms with Crippen LogP contribution in [0.1, 0.15) is 31.2 Å². The lowest BCUT2D eigenvalue weighted by atomic mass is 10.1. The lowest BCUT2D eigenvalue weighted by Crippen LogP contribution is -2.33. The van der Waals surface area contributed by atoms with Crippen LogP contribution in [0.5, 0.6) is 0 Å². The number of aromatic nitrogens is 2. The maximum absolute atomic E-state index is 13.0. The standard InChI is InChI=1S/C18H18FN3O3S/c1-10(13-4-6-14(19)7-5-13)20-16(23)12(3)26-18-22-21-17(25-18)15-8-9-24-11(15)2/h4-10,12H,1-3H3,(H,20,23). The molecule has 0 bridgehead atoms. The SMILES string of the molecule is Cc1occc1-c1nnc(SC(C)C(=O)NC(C)c2ccc(F)cc2)o1. The second-order valence-corrected chi connectivity index (χ2v) is 7.10. The average Bonchev–Trinajstić information content (AvgIpc) is 3.23. The summed E-state index contributed by atoms with van der Waals surface area (Å²) >= 11 is 1.17. The van der Waals surface area contributed by atoms with Crippen LogP contribution in [0.4, 0.5) is 4.39 Å². The molecule has 0 radical (unpaired) electrons. The molecule has 8 heteroatoms. The van der Waals surface area contributed by atoms with Crippen molar-refractivity contribution in [1.29, 1.82) is 0 Å². The number of rotatable bonds is 6. The zero-order valence-electron chi connectivity index (χ0n) is 14.5. The highest BCUT2D eigenvalue weighted by Crippen LogP contribution is 2.28. The number of nitrogens with one attached hydrogen (secondary N) is 1. The van der Waals surface area contributed by atoms with E-state index >= 15 is 0 Å². The second kappa shape index (κ2) is 7.74. The van der Waals surface area contributed by atoms with Gasteiger partial charge in [0.15, 0.2) is 0 Å². The Morgan fingerprint density at radius 2 is 1.92 bits per heavy atom. The predicted octanol–water partition coefficient (Wildman–Crippen LogP) is 4.14. The van der Waals surface area contributed by atoms with Crippen LogP contribution in [0.3, 0.4) is 0 Å². The molecule has 0 fully saturated rings. The van der Waals surface area contributed by atoms with Crippen LogP contribution < -0.4 is 5.32 Å². The fourth-order valence-electron chi connectivity index (χ4n) is 2.34. The first-order chi connectivity index (χ1) is 12.4. The number of benzene rings is 1. The van der Waals surface area contributed by atoms with Crippen molar-refractivity contribution in [2.75, 3.05) is 0 Å². The van der Waals surface area contributed by atoms with Crippen molar-refractivity contribution in [2.45, 2.75) is 37.3 Å². The lowest BCUT2D eigenvalue weighted by Gasteiger charge is -2.16. The van der Waals surface area contributed by atoms with Crippen LogP contribution in [-0.4, -0.2) is 21.4 Å². The van der Waals surface area contributed by atoms with Gasteiger partial charge >= 0.3 is 0 Å². The Balaban J connectivity index is 1.60. The number of hydrogen-bond acceptors (Lipinski definition) is 6. The first-order valence-corrected chi connectivity index (χ1v) is 8.92. The number of furan rings is 1. The Kier molecular flexibility index (Phi) is 5.41. The molecule has 0 saturated heterocycles. The van der Waals surface area contributed by atoms with Crippen molar-refractivity contribution in [1.82, 2.24) is 15.5 Å². The van der Waals surface area contributed by atoms with Gasteiger partial charge in [0.1, 0.15) is 11.6 Å². The quantitative estimate of drug-likeness (QED) is 0.652. The first kappa shape index (κ1) is 18.2. The summed E-state index contributed by atoms with van der Waals surface area (Å²) < 4.78 is 23.8. The van der Waals surface area contributed by atoms with Gasteiger partial charge in [-0.25, -0.2) is 4.39 Å². The van der Waals surface area contributed by atoms with E-state index in [2.05, 4.69) is 15.5 Å². The smallest absolute Gasteiger partial charge is 0.277 e. The van der Waals surface area contributed by atoms with Gasteiger partial charge in [0.25, 0.3) is 11.1 Å². The van der Waals surface area contributed by atoms with E-state index in [0.717, 1.165) is 11.1 Å². The third-order valence-electron chi connectivity index (χ3n) is 3.87.